The Bertz CT molecular complexity index is 1010. The molecule has 0 bridgehead atoms. The van der Waals surface area contributed by atoms with E-state index in [1.807, 2.05) is 31.2 Å². The summed E-state index contributed by atoms with van der Waals surface area (Å²) in [5, 5.41) is 2.83. The largest absolute Gasteiger partial charge is 0.494 e. The van der Waals surface area contributed by atoms with Crippen molar-refractivity contribution in [3.05, 3.63) is 58.6 Å². The normalized spacial score (nSPS) is 16.3. The molecule has 1 aliphatic rings. The molecule has 1 unspecified atom stereocenters. The molecule has 0 radical (unpaired) electrons. The van der Waals surface area contributed by atoms with Gasteiger partial charge in [-0.1, -0.05) is 23.7 Å². The number of nitrogens with one attached hydrogen (secondary N) is 2. The number of halogens is 1. The Hall–Kier alpha value is -2.13. The fourth-order valence-corrected chi connectivity index (χ4v) is 4.80. The molecular formula is C22H27ClN2O5S. The van der Waals surface area contributed by atoms with Gasteiger partial charge < -0.3 is 14.8 Å². The highest BCUT2D eigenvalue weighted by atomic mass is 35.5. The molecule has 0 aliphatic carbocycles. The van der Waals surface area contributed by atoms with E-state index >= 15 is 0 Å². The molecule has 0 saturated carbocycles. The Morgan fingerprint density at radius 1 is 1.26 bits per heavy atom. The van der Waals surface area contributed by atoms with Gasteiger partial charge in [0.05, 0.1) is 17.7 Å². The summed E-state index contributed by atoms with van der Waals surface area (Å²) in [4.78, 5) is 12.3. The van der Waals surface area contributed by atoms with Crippen LogP contribution in [0.3, 0.4) is 0 Å². The maximum Gasteiger partial charge on any atom is 0.251 e. The molecule has 168 valence electrons. The first-order valence-electron chi connectivity index (χ1n) is 10.2. The summed E-state index contributed by atoms with van der Waals surface area (Å²) >= 11 is 6.10. The second-order valence-corrected chi connectivity index (χ2v) is 9.55. The topological polar surface area (TPSA) is 93.7 Å². The van der Waals surface area contributed by atoms with Gasteiger partial charge in [-0.05, 0) is 62.1 Å². The van der Waals surface area contributed by atoms with E-state index in [0.717, 1.165) is 24.2 Å². The highest BCUT2D eigenvalue weighted by Gasteiger charge is 2.23. The van der Waals surface area contributed by atoms with Crippen molar-refractivity contribution in [1.82, 2.24) is 10.0 Å². The number of amides is 1. The monoisotopic (exact) mass is 466 g/mol. The van der Waals surface area contributed by atoms with Crippen LogP contribution in [-0.2, 0) is 14.8 Å². The van der Waals surface area contributed by atoms with Crippen LogP contribution in [0.15, 0.2) is 47.4 Å². The predicted octanol–water partition coefficient (Wildman–Crippen LogP) is 3.30. The maximum absolute atomic E-state index is 12.6. The summed E-state index contributed by atoms with van der Waals surface area (Å²) in [7, 11) is -3.86. The van der Waals surface area contributed by atoms with Crippen molar-refractivity contribution in [3.63, 3.8) is 0 Å². The van der Waals surface area contributed by atoms with Gasteiger partial charge in [0.1, 0.15) is 10.6 Å². The molecule has 1 fully saturated rings. The number of carbonyl (C=O) groups is 1. The summed E-state index contributed by atoms with van der Waals surface area (Å²) in [5.41, 5.74) is 1.34. The second kappa shape index (κ2) is 10.9. The fourth-order valence-electron chi connectivity index (χ4n) is 3.21. The van der Waals surface area contributed by atoms with Crippen LogP contribution in [0.4, 0.5) is 0 Å². The standard InChI is InChI=1S/C22H27ClN2O5S/c1-16-5-2-6-18(13-16)29-12-4-10-24-22(26)17-8-9-20(23)21(14-17)31(27,28)25-15-19-7-3-11-30-19/h2,5-6,8-9,13-14,19,25H,3-4,7,10-12,15H2,1H3,(H,24,26). The van der Waals surface area contributed by atoms with Gasteiger partial charge in [0.25, 0.3) is 5.91 Å². The van der Waals surface area contributed by atoms with E-state index in [1.54, 1.807) is 0 Å². The lowest BCUT2D eigenvalue weighted by Crippen LogP contribution is -2.32. The van der Waals surface area contributed by atoms with Gasteiger partial charge in [-0.3, -0.25) is 4.79 Å². The van der Waals surface area contributed by atoms with Crippen LogP contribution < -0.4 is 14.8 Å². The third-order valence-electron chi connectivity index (χ3n) is 4.87. The Morgan fingerprint density at radius 3 is 2.84 bits per heavy atom. The van der Waals surface area contributed by atoms with E-state index in [4.69, 9.17) is 21.1 Å². The third kappa shape index (κ3) is 6.93. The van der Waals surface area contributed by atoms with Crippen LogP contribution >= 0.6 is 11.6 Å². The minimum Gasteiger partial charge on any atom is -0.494 e. The van der Waals surface area contributed by atoms with Gasteiger partial charge in [-0.15, -0.1) is 0 Å². The first-order chi connectivity index (χ1) is 14.8. The molecule has 31 heavy (non-hydrogen) atoms. The number of carbonyl (C=O) groups excluding carboxylic acids is 1. The summed E-state index contributed by atoms with van der Waals surface area (Å²) < 4.78 is 38.9. The van der Waals surface area contributed by atoms with Crippen LogP contribution in [0.25, 0.3) is 0 Å². The Labute approximate surface area is 188 Å². The summed E-state index contributed by atoms with van der Waals surface area (Å²) in [6, 6.07) is 12.0. The van der Waals surface area contributed by atoms with Crippen LogP contribution in [-0.4, -0.2) is 46.7 Å². The van der Waals surface area contributed by atoms with Gasteiger partial charge in [-0.25, -0.2) is 13.1 Å². The Balaban J connectivity index is 1.51. The highest BCUT2D eigenvalue weighted by Crippen LogP contribution is 2.23. The smallest absolute Gasteiger partial charge is 0.251 e. The van der Waals surface area contributed by atoms with Gasteiger partial charge in [-0.2, -0.15) is 0 Å². The maximum atomic E-state index is 12.6. The number of aryl methyl sites for hydroxylation is 1. The zero-order valence-corrected chi connectivity index (χ0v) is 19.0. The summed E-state index contributed by atoms with van der Waals surface area (Å²) in [6.07, 6.45) is 2.20. The molecule has 1 saturated heterocycles. The second-order valence-electron chi connectivity index (χ2n) is 7.41. The molecule has 2 aromatic rings. The number of hydrogen-bond donors (Lipinski definition) is 2. The van der Waals surface area contributed by atoms with Gasteiger partial charge in [0.2, 0.25) is 10.0 Å². The van der Waals surface area contributed by atoms with Crippen LogP contribution in [0.2, 0.25) is 5.02 Å². The van der Waals surface area contributed by atoms with E-state index in [-0.39, 0.29) is 34.0 Å². The Morgan fingerprint density at radius 2 is 2.10 bits per heavy atom. The lowest BCUT2D eigenvalue weighted by molar-refractivity contribution is 0.0951. The number of ether oxygens (including phenoxy) is 2. The van der Waals surface area contributed by atoms with Crippen LogP contribution in [0.5, 0.6) is 5.75 Å². The fraction of sp³-hybridized carbons (Fsp3) is 0.409. The molecule has 1 heterocycles. The Kier molecular flexibility index (Phi) is 8.31. The molecule has 0 aromatic heterocycles. The van der Waals surface area contributed by atoms with Gasteiger partial charge in [0.15, 0.2) is 0 Å². The number of benzene rings is 2. The van der Waals surface area contributed by atoms with Crippen molar-refractivity contribution in [3.8, 4) is 5.75 Å². The molecule has 9 heteroatoms. The molecule has 2 N–H and O–H groups in total. The average Bonchev–Trinajstić information content (AvgIpc) is 3.26. The first kappa shape index (κ1) is 23.5. The molecule has 0 spiro atoms. The molecule has 1 atom stereocenters. The molecule has 1 amide bonds. The average molecular weight is 467 g/mol. The van der Waals surface area contributed by atoms with Crippen molar-refractivity contribution in [2.75, 3.05) is 26.3 Å². The lowest BCUT2D eigenvalue weighted by atomic mass is 10.2. The van der Waals surface area contributed by atoms with E-state index in [1.165, 1.54) is 18.2 Å². The zero-order chi connectivity index (χ0) is 22.3. The molecule has 7 nitrogen and oxygen atoms in total. The minimum absolute atomic E-state index is 0.0583. The SMILES string of the molecule is Cc1cccc(OCCCNC(=O)c2ccc(Cl)c(S(=O)(=O)NCC3CCCO3)c2)c1. The van der Waals surface area contributed by atoms with E-state index in [0.29, 0.717) is 26.2 Å². The van der Waals surface area contributed by atoms with Gasteiger partial charge in [0, 0.05) is 25.3 Å². The van der Waals surface area contributed by atoms with Gasteiger partial charge >= 0.3 is 0 Å². The summed E-state index contributed by atoms with van der Waals surface area (Å²) in [5.74, 6) is 0.414. The summed E-state index contributed by atoms with van der Waals surface area (Å²) in [6.45, 7) is 3.66. The predicted molar refractivity (Wildman–Crippen MR) is 119 cm³/mol. The lowest BCUT2D eigenvalue weighted by Gasteiger charge is -2.13. The highest BCUT2D eigenvalue weighted by molar-refractivity contribution is 7.89. The van der Waals surface area contributed by atoms with Crippen molar-refractivity contribution in [2.24, 2.45) is 0 Å². The van der Waals surface area contributed by atoms with Crippen molar-refractivity contribution in [1.29, 1.82) is 0 Å². The van der Waals surface area contributed by atoms with E-state index < -0.39 is 10.0 Å². The third-order valence-corrected chi connectivity index (χ3v) is 6.78. The molecule has 3 rings (SSSR count). The van der Waals surface area contributed by atoms with Crippen LogP contribution in [0.1, 0.15) is 35.2 Å². The molecular weight excluding hydrogens is 440 g/mol. The number of rotatable bonds is 10. The minimum atomic E-state index is -3.86. The zero-order valence-electron chi connectivity index (χ0n) is 17.4. The van der Waals surface area contributed by atoms with E-state index in [9.17, 15) is 13.2 Å². The van der Waals surface area contributed by atoms with Crippen LogP contribution in [0, 0.1) is 6.92 Å². The van der Waals surface area contributed by atoms with E-state index in [2.05, 4.69) is 10.0 Å². The quantitative estimate of drug-likeness (QED) is 0.524. The van der Waals surface area contributed by atoms with Crippen molar-refractivity contribution < 1.29 is 22.7 Å². The number of sulfonamides is 1. The van der Waals surface area contributed by atoms with Crippen molar-refractivity contribution in [2.45, 2.75) is 37.2 Å². The molecule has 2 aromatic carbocycles. The molecule has 1 aliphatic heterocycles. The van der Waals surface area contributed by atoms with Crippen molar-refractivity contribution >= 4 is 27.5 Å². The first-order valence-corrected chi connectivity index (χ1v) is 12.1. The number of hydrogen-bond acceptors (Lipinski definition) is 5.